The normalized spacial score (nSPS) is 13.3. The van der Waals surface area contributed by atoms with Gasteiger partial charge in [-0.2, -0.15) is 0 Å². The Hall–Kier alpha value is -0.590. The van der Waals surface area contributed by atoms with Crippen LogP contribution in [0.1, 0.15) is 25.5 Å². The summed E-state index contributed by atoms with van der Waals surface area (Å²) in [5.41, 5.74) is 1.01. The average molecular weight is 350 g/mol. The summed E-state index contributed by atoms with van der Waals surface area (Å²) < 4.78 is 29.4. The van der Waals surface area contributed by atoms with Gasteiger partial charge in [0.2, 0.25) is 0 Å². The van der Waals surface area contributed by atoms with Crippen molar-refractivity contribution < 1.29 is 13.2 Å². The molecule has 1 aromatic rings. The van der Waals surface area contributed by atoms with Crippen LogP contribution in [0.3, 0.4) is 0 Å². The molecule has 0 aliphatic rings. The number of rotatable bonds is 7. The molecule has 108 valence electrons. The van der Waals surface area contributed by atoms with Crippen LogP contribution in [-0.4, -0.2) is 33.6 Å². The molecule has 0 aliphatic carbocycles. The quantitative estimate of drug-likeness (QED) is 0.821. The van der Waals surface area contributed by atoms with Crippen molar-refractivity contribution in [3.8, 4) is 5.75 Å². The van der Waals surface area contributed by atoms with Crippen molar-refractivity contribution in [3.05, 3.63) is 28.2 Å². The highest BCUT2D eigenvalue weighted by atomic mass is 79.9. The Balaban J connectivity index is 2.79. The van der Waals surface area contributed by atoms with Gasteiger partial charge in [-0.3, -0.25) is 0 Å². The molecule has 0 heterocycles. The largest absolute Gasteiger partial charge is 0.492 e. The Morgan fingerprint density at radius 2 is 2.11 bits per heavy atom. The molecule has 1 rings (SSSR count). The number of halogens is 1. The Kier molecular flexibility index (Phi) is 6.29. The Morgan fingerprint density at radius 1 is 1.42 bits per heavy atom. The molecule has 0 radical (unpaired) electrons. The van der Waals surface area contributed by atoms with E-state index in [1.807, 2.05) is 32.2 Å². The van der Waals surface area contributed by atoms with Crippen LogP contribution in [0.4, 0.5) is 0 Å². The van der Waals surface area contributed by atoms with Gasteiger partial charge in [-0.15, -0.1) is 0 Å². The minimum atomic E-state index is -2.99. The maximum atomic E-state index is 11.4. The highest BCUT2D eigenvalue weighted by Gasteiger charge is 2.12. The van der Waals surface area contributed by atoms with E-state index in [1.54, 1.807) is 6.92 Å². The van der Waals surface area contributed by atoms with Crippen LogP contribution in [-0.2, 0) is 9.84 Å². The van der Waals surface area contributed by atoms with E-state index in [4.69, 9.17) is 4.74 Å². The molecule has 0 amide bonds. The van der Waals surface area contributed by atoms with Crippen molar-refractivity contribution in [1.29, 1.82) is 0 Å². The fraction of sp³-hybridized carbons (Fsp3) is 0.538. The lowest BCUT2D eigenvalue weighted by Crippen LogP contribution is -2.18. The minimum Gasteiger partial charge on any atom is -0.492 e. The van der Waals surface area contributed by atoms with Crippen molar-refractivity contribution in [2.24, 2.45) is 0 Å². The number of hydrogen-bond acceptors (Lipinski definition) is 4. The van der Waals surface area contributed by atoms with Gasteiger partial charge in [-0.05, 0) is 26.1 Å². The Bertz CT molecular complexity index is 517. The molecule has 1 N–H and O–H groups in total. The summed E-state index contributed by atoms with van der Waals surface area (Å²) in [6, 6.07) is 5.92. The Morgan fingerprint density at radius 3 is 2.68 bits per heavy atom. The first kappa shape index (κ1) is 16.5. The van der Waals surface area contributed by atoms with Gasteiger partial charge in [0, 0.05) is 21.8 Å². The van der Waals surface area contributed by atoms with Crippen molar-refractivity contribution in [1.82, 2.24) is 5.32 Å². The highest BCUT2D eigenvalue weighted by molar-refractivity contribution is 9.10. The van der Waals surface area contributed by atoms with Gasteiger partial charge in [-0.25, -0.2) is 8.42 Å². The molecule has 0 saturated heterocycles. The smallest absolute Gasteiger partial charge is 0.153 e. The molecule has 1 aromatic carbocycles. The molecule has 0 aromatic heterocycles. The summed E-state index contributed by atoms with van der Waals surface area (Å²) in [5, 5.41) is 3.15. The minimum absolute atomic E-state index is 0.0450. The maximum absolute atomic E-state index is 11.4. The lowest BCUT2D eigenvalue weighted by molar-refractivity contribution is 0.333. The van der Waals surface area contributed by atoms with Crippen molar-refractivity contribution in [3.63, 3.8) is 0 Å². The third kappa shape index (κ3) is 5.12. The monoisotopic (exact) mass is 349 g/mol. The first-order chi connectivity index (χ1) is 8.89. The van der Waals surface area contributed by atoms with Crippen molar-refractivity contribution in [2.45, 2.75) is 19.9 Å². The van der Waals surface area contributed by atoms with Crippen LogP contribution in [0.5, 0.6) is 5.75 Å². The Labute approximate surface area is 123 Å². The third-order valence-electron chi connectivity index (χ3n) is 2.97. The van der Waals surface area contributed by atoms with E-state index in [2.05, 4.69) is 21.2 Å². The molecular weight excluding hydrogens is 330 g/mol. The predicted molar refractivity (Wildman–Crippen MR) is 81.4 cm³/mol. The van der Waals surface area contributed by atoms with Crippen LogP contribution in [0.15, 0.2) is 22.7 Å². The fourth-order valence-electron chi connectivity index (χ4n) is 1.57. The van der Waals surface area contributed by atoms with Crippen LogP contribution in [0.25, 0.3) is 0 Å². The zero-order chi connectivity index (χ0) is 14.5. The van der Waals surface area contributed by atoms with Gasteiger partial charge in [0.05, 0.1) is 5.75 Å². The molecule has 1 atom stereocenters. The van der Waals surface area contributed by atoms with E-state index >= 15 is 0 Å². The standard InChI is InChI=1S/C13H20BrNO3S/c1-4-19(16,17)8-7-18-13-9-11(14)5-6-12(13)10(2)15-3/h5-6,9-10,15H,4,7-8H2,1-3H3. The van der Waals surface area contributed by atoms with E-state index in [-0.39, 0.29) is 24.2 Å². The molecule has 1 unspecified atom stereocenters. The maximum Gasteiger partial charge on any atom is 0.153 e. The molecule has 0 aliphatic heterocycles. The van der Waals surface area contributed by atoms with Crippen LogP contribution >= 0.6 is 15.9 Å². The second kappa shape index (κ2) is 7.26. The molecule has 6 heteroatoms. The molecular formula is C13H20BrNO3S. The highest BCUT2D eigenvalue weighted by Crippen LogP contribution is 2.28. The number of ether oxygens (including phenoxy) is 1. The predicted octanol–water partition coefficient (Wildman–Crippen LogP) is 2.54. The van der Waals surface area contributed by atoms with E-state index in [0.29, 0.717) is 5.75 Å². The second-order valence-electron chi connectivity index (χ2n) is 4.28. The fourth-order valence-corrected chi connectivity index (χ4v) is 2.54. The summed E-state index contributed by atoms with van der Waals surface area (Å²) in [4.78, 5) is 0. The molecule has 19 heavy (non-hydrogen) atoms. The number of nitrogens with one attached hydrogen (secondary N) is 1. The molecule has 0 fully saturated rings. The molecule has 4 nitrogen and oxygen atoms in total. The van der Waals surface area contributed by atoms with Gasteiger partial charge in [0.15, 0.2) is 9.84 Å². The molecule has 0 saturated carbocycles. The van der Waals surface area contributed by atoms with E-state index in [0.717, 1.165) is 10.0 Å². The summed E-state index contributed by atoms with van der Waals surface area (Å²) in [7, 11) is -1.12. The summed E-state index contributed by atoms with van der Waals surface area (Å²) in [6.45, 7) is 3.85. The lowest BCUT2D eigenvalue weighted by Gasteiger charge is -2.17. The van der Waals surface area contributed by atoms with Crippen LogP contribution in [0.2, 0.25) is 0 Å². The first-order valence-corrected chi connectivity index (χ1v) is 8.81. The van der Waals surface area contributed by atoms with Crippen molar-refractivity contribution in [2.75, 3.05) is 25.2 Å². The summed E-state index contributed by atoms with van der Waals surface area (Å²) >= 11 is 3.39. The SMILES string of the molecule is CCS(=O)(=O)CCOc1cc(Br)ccc1C(C)NC. The van der Waals surface area contributed by atoms with Gasteiger partial charge in [0.25, 0.3) is 0 Å². The molecule has 0 bridgehead atoms. The number of sulfone groups is 1. The third-order valence-corrected chi connectivity index (χ3v) is 5.13. The van der Waals surface area contributed by atoms with E-state index < -0.39 is 9.84 Å². The van der Waals surface area contributed by atoms with Crippen LogP contribution < -0.4 is 10.1 Å². The van der Waals surface area contributed by atoms with Gasteiger partial charge in [-0.1, -0.05) is 28.9 Å². The van der Waals surface area contributed by atoms with E-state index in [9.17, 15) is 8.42 Å². The summed E-state index contributed by atoms with van der Waals surface area (Å²) in [6.07, 6.45) is 0. The number of benzene rings is 1. The average Bonchev–Trinajstić information content (AvgIpc) is 2.38. The first-order valence-electron chi connectivity index (χ1n) is 6.19. The van der Waals surface area contributed by atoms with Crippen molar-refractivity contribution >= 4 is 25.8 Å². The zero-order valence-electron chi connectivity index (χ0n) is 11.4. The number of hydrogen-bond donors (Lipinski definition) is 1. The zero-order valence-corrected chi connectivity index (χ0v) is 13.8. The van der Waals surface area contributed by atoms with Crippen LogP contribution in [0, 0.1) is 0 Å². The lowest BCUT2D eigenvalue weighted by atomic mass is 10.1. The molecule has 0 spiro atoms. The summed E-state index contributed by atoms with van der Waals surface area (Å²) in [5.74, 6) is 0.903. The van der Waals surface area contributed by atoms with Gasteiger partial charge >= 0.3 is 0 Å². The van der Waals surface area contributed by atoms with E-state index in [1.165, 1.54) is 0 Å². The topological polar surface area (TPSA) is 55.4 Å². The second-order valence-corrected chi connectivity index (χ2v) is 7.67. The van der Waals surface area contributed by atoms with Gasteiger partial charge < -0.3 is 10.1 Å². The van der Waals surface area contributed by atoms with Gasteiger partial charge in [0.1, 0.15) is 12.4 Å².